The minimum Gasteiger partial charge on any atom is -0.374 e. The molecule has 0 unspecified atom stereocenters. The van der Waals surface area contributed by atoms with Crippen LogP contribution in [0, 0.1) is 0 Å². The van der Waals surface area contributed by atoms with Crippen LogP contribution in [-0.4, -0.2) is 49.7 Å². The second kappa shape index (κ2) is 13.5. The summed E-state index contributed by atoms with van der Waals surface area (Å²) in [5.41, 5.74) is 2.68. The molecule has 0 spiro atoms. The van der Waals surface area contributed by atoms with Crippen molar-refractivity contribution in [3.63, 3.8) is 0 Å². The monoisotopic (exact) mass is 529 g/mol. The number of hydrogen-bond acceptors (Lipinski definition) is 5. The fourth-order valence-electron chi connectivity index (χ4n) is 4.19. The van der Waals surface area contributed by atoms with E-state index >= 15 is 0 Å². The maximum atomic E-state index is 13.1. The third kappa shape index (κ3) is 8.13. The molecule has 0 bridgehead atoms. The summed E-state index contributed by atoms with van der Waals surface area (Å²) in [4.78, 5) is 11.8. The van der Waals surface area contributed by atoms with Crippen molar-refractivity contribution in [3.05, 3.63) is 108 Å². The van der Waals surface area contributed by atoms with Gasteiger partial charge in [-0.3, -0.25) is 4.79 Å². The van der Waals surface area contributed by atoms with Crippen LogP contribution in [0.15, 0.2) is 91.0 Å². The molecule has 0 radical (unpaired) electrons. The molecular formula is C29H30F3NO5. The molecule has 1 N–H and O–H groups in total. The lowest BCUT2D eigenvalue weighted by molar-refractivity contribution is -0.213. The summed E-state index contributed by atoms with van der Waals surface area (Å²) >= 11 is 0. The van der Waals surface area contributed by atoms with Crippen LogP contribution in [0.1, 0.15) is 16.7 Å². The first-order valence-corrected chi connectivity index (χ1v) is 12.3. The fourth-order valence-corrected chi connectivity index (χ4v) is 4.19. The molecular weight excluding hydrogens is 499 g/mol. The van der Waals surface area contributed by atoms with Gasteiger partial charge in [0.1, 0.15) is 18.3 Å². The molecule has 9 heteroatoms. The third-order valence-corrected chi connectivity index (χ3v) is 6.11. The summed E-state index contributed by atoms with van der Waals surface area (Å²) in [6.45, 7) is 0.559. The van der Waals surface area contributed by atoms with E-state index in [1.54, 1.807) is 0 Å². The Balaban J connectivity index is 1.53. The largest absolute Gasteiger partial charge is 0.471 e. The Morgan fingerprint density at radius 1 is 0.763 bits per heavy atom. The van der Waals surface area contributed by atoms with Crippen LogP contribution >= 0.6 is 0 Å². The van der Waals surface area contributed by atoms with Gasteiger partial charge in [-0.2, -0.15) is 13.2 Å². The summed E-state index contributed by atoms with van der Waals surface area (Å²) in [7, 11) is 0. The van der Waals surface area contributed by atoms with Gasteiger partial charge in [-0.1, -0.05) is 91.0 Å². The molecule has 38 heavy (non-hydrogen) atoms. The van der Waals surface area contributed by atoms with E-state index in [4.69, 9.17) is 18.9 Å². The normalized spacial score (nSPS) is 21.7. The molecule has 4 atom stereocenters. The zero-order valence-corrected chi connectivity index (χ0v) is 20.7. The first kappa shape index (κ1) is 27.8. The number of benzene rings is 3. The summed E-state index contributed by atoms with van der Waals surface area (Å²) in [6, 6.07) is 27.1. The van der Waals surface area contributed by atoms with Gasteiger partial charge in [-0.15, -0.1) is 0 Å². The van der Waals surface area contributed by atoms with Crippen molar-refractivity contribution in [2.45, 2.75) is 50.4 Å². The van der Waals surface area contributed by atoms with Crippen molar-refractivity contribution in [2.24, 2.45) is 0 Å². The van der Waals surface area contributed by atoms with Crippen molar-refractivity contribution in [2.75, 3.05) is 13.2 Å². The van der Waals surface area contributed by atoms with Crippen LogP contribution in [0.25, 0.3) is 0 Å². The predicted octanol–water partition coefficient (Wildman–Crippen LogP) is 4.82. The number of nitrogens with one attached hydrogen (secondary N) is 1. The van der Waals surface area contributed by atoms with Gasteiger partial charge in [0, 0.05) is 0 Å². The van der Waals surface area contributed by atoms with E-state index < -0.39 is 36.4 Å². The number of halogens is 3. The van der Waals surface area contributed by atoms with Gasteiger partial charge in [0.2, 0.25) is 0 Å². The minimum atomic E-state index is -5.04. The van der Waals surface area contributed by atoms with E-state index in [-0.39, 0.29) is 26.4 Å². The Morgan fingerprint density at radius 2 is 1.24 bits per heavy atom. The van der Waals surface area contributed by atoms with E-state index in [0.29, 0.717) is 6.61 Å². The van der Waals surface area contributed by atoms with Crippen molar-refractivity contribution in [1.29, 1.82) is 0 Å². The number of carbonyl (C=O) groups is 1. The molecule has 1 aliphatic heterocycles. The fraction of sp³-hybridized carbons (Fsp3) is 0.345. The number of rotatable bonds is 11. The first-order chi connectivity index (χ1) is 18.4. The molecule has 1 heterocycles. The number of carbonyl (C=O) groups excluding carboxylic acids is 1. The van der Waals surface area contributed by atoms with Gasteiger partial charge in [0.25, 0.3) is 0 Å². The molecule has 0 saturated carbocycles. The van der Waals surface area contributed by atoms with Crippen molar-refractivity contribution in [1.82, 2.24) is 5.32 Å². The van der Waals surface area contributed by atoms with E-state index in [1.165, 1.54) is 0 Å². The van der Waals surface area contributed by atoms with E-state index in [1.807, 2.05) is 96.3 Å². The highest BCUT2D eigenvalue weighted by atomic mass is 19.4. The molecule has 1 fully saturated rings. The Morgan fingerprint density at radius 3 is 1.74 bits per heavy atom. The SMILES string of the molecule is O=C(N[C@H]1CO[C@H](COCc2ccccc2)[C@H](OCc2ccccc2)[C@@H]1OCc1ccccc1)C(F)(F)F. The molecule has 1 amide bonds. The van der Waals surface area contributed by atoms with Crippen molar-refractivity contribution < 1.29 is 36.9 Å². The molecule has 1 saturated heterocycles. The lowest BCUT2D eigenvalue weighted by Crippen LogP contribution is -2.62. The lowest BCUT2D eigenvalue weighted by Gasteiger charge is -2.42. The first-order valence-electron chi connectivity index (χ1n) is 12.3. The van der Waals surface area contributed by atoms with Gasteiger partial charge in [0.15, 0.2) is 0 Å². The van der Waals surface area contributed by atoms with Gasteiger partial charge in [-0.05, 0) is 16.7 Å². The summed E-state index contributed by atoms with van der Waals surface area (Å²) < 4.78 is 63.5. The van der Waals surface area contributed by atoms with Crippen LogP contribution in [-0.2, 0) is 43.6 Å². The van der Waals surface area contributed by atoms with Gasteiger partial charge < -0.3 is 24.3 Å². The van der Waals surface area contributed by atoms with E-state index in [9.17, 15) is 18.0 Å². The molecule has 3 aromatic rings. The Kier molecular flexibility index (Phi) is 9.89. The average Bonchev–Trinajstić information content (AvgIpc) is 2.93. The lowest BCUT2D eigenvalue weighted by atomic mass is 9.97. The van der Waals surface area contributed by atoms with Crippen molar-refractivity contribution >= 4 is 5.91 Å². The maximum Gasteiger partial charge on any atom is 0.471 e. The number of hydrogen-bond donors (Lipinski definition) is 1. The average molecular weight is 530 g/mol. The Bertz CT molecular complexity index is 1120. The smallest absolute Gasteiger partial charge is 0.374 e. The molecule has 6 nitrogen and oxygen atoms in total. The van der Waals surface area contributed by atoms with Crippen LogP contribution in [0.3, 0.4) is 0 Å². The highest BCUT2D eigenvalue weighted by Gasteiger charge is 2.47. The Labute approximate surface area is 219 Å². The zero-order chi connectivity index (χ0) is 26.8. The molecule has 202 valence electrons. The van der Waals surface area contributed by atoms with E-state index in [2.05, 4.69) is 0 Å². The van der Waals surface area contributed by atoms with Gasteiger partial charge >= 0.3 is 12.1 Å². The zero-order valence-electron chi connectivity index (χ0n) is 20.7. The van der Waals surface area contributed by atoms with Crippen LogP contribution in [0.2, 0.25) is 0 Å². The molecule has 3 aromatic carbocycles. The molecule has 0 aromatic heterocycles. The predicted molar refractivity (Wildman–Crippen MR) is 134 cm³/mol. The highest BCUT2D eigenvalue weighted by Crippen LogP contribution is 2.26. The van der Waals surface area contributed by atoms with Crippen LogP contribution in [0.4, 0.5) is 13.2 Å². The topological polar surface area (TPSA) is 66.0 Å². The summed E-state index contributed by atoms with van der Waals surface area (Å²) in [5, 5.41) is 2.04. The molecule has 4 rings (SSSR count). The summed E-state index contributed by atoms with van der Waals surface area (Å²) in [5.74, 6) is -2.06. The number of amides is 1. The third-order valence-electron chi connectivity index (χ3n) is 6.11. The second-order valence-electron chi connectivity index (χ2n) is 8.97. The Hall–Kier alpha value is -3.24. The van der Waals surface area contributed by atoms with Gasteiger partial charge in [0.05, 0.1) is 39.1 Å². The maximum absolute atomic E-state index is 13.1. The summed E-state index contributed by atoms with van der Waals surface area (Å²) in [6.07, 6.45) is -7.42. The highest BCUT2D eigenvalue weighted by molar-refractivity contribution is 5.82. The minimum absolute atomic E-state index is 0.118. The standard InChI is InChI=1S/C29H30F3NO5/c30-29(31,32)28(34)33-24-19-36-25(20-35-16-21-10-4-1-5-11-21)27(38-18-23-14-8-3-9-15-23)26(24)37-17-22-12-6-2-7-13-22/h1-15,24-27H,16-20H2,(H,33,34)/t24-,25+,26+,27-/m0/s1. The van der Waals surface area contributed by atoms with Crippen LogP contribution in [0.5, 0.6) is 0 Å². The molecule has 1 aliphatic rings. The van der Waals surface area contributed by atoms with Gasteiger partial charge in [-0.25, -0.2) is 0 Å². The van der Waals surface area contributed by atoms with Crippen LogP contribution < -0.4 is 5.32 Å². The number of alkyl halides is 3. The quantitative estimate of drug-likeness (QED) is 0.386. The van der Waals surface area contributed by atoms with E-state index in [0.717, 1.165) is 16.7 Å². The van der Waals surface area contributed by atoms with Crippen molar-refractivity contribution in [3.8, 4) is 0 Å². The molecule has 0 aliphatic carbocycles. The number of ether oxygens (including phenoxy) is 4. The second-order valence-corrected chi connectivity index (χ2v) is 8.97.